The number of furan rings is 1. The van der Waals surface area contributed by atoms with Crippen LogP contribution in [0.2, 0.25) is 0 Å². The number of anilines is 2. The smallest absolute Gasteiger partial charge is 0.524 e. The summed E-state index contributed by atoms with van der Waals surface area (Å²) < 4.78 is 12.8. The molecule has 3 nitrogen and oxygen atoms in total. The lowest BCUT2D eigenvalue weighted by Crippen LogP contribution is -2.50. The minimum atomic E-state index is -0.168. The van der Waals surface area contributed by atoms with E-state index in [-0.39, 0.29) is 7.05 Å². The number of para-hydroxylation sites is 5. The molecule has 0 aliphatic carbocycles. The van der Waals surface area contributed by atoms with Crippen LogP contribution in [-0.4, -0.2) is 7.05 Å². The van der Waals surface area contributed by atoms with Crippen molar-refractivity contribution in [1.82, 2.24) is 0 Å². The molecule has 3 heterocycles. The summed E-state index contributed by atoms with van der Waals surface area (Å²) in [6.45, 7) is 0. The summed E-state index contributed by atoms with van der Waals surface area (Å²) in [7, 11) is -0.168. The van der Waals surface area contributed by atoms with Crippen molar-refractivity contribution in [2.45, 2.75) is 0 Å². The molecule has 0 bridgehead atoms. The second-order valence-corrected chi connectivity index (χ2v) is 8.91. The first-order valence-electron chi connectivity index (χ1n) is 11.6. The Morgan fingerprint density at radius 2 is 1.35 bits per heavy atom. The molecule has 0 spiro atoms. The van der Waals surface area contributed by atoms with E-state index in [2.05, 4.69) is 89.7 Å². The molecule has 158 valence electrons. The maximum absolute atomic E-state index is 6.46. The number of fused-ring (bicyclic) bond motifs is 11. The summed E-state index contributed by atoms with van der Waals surface area (Å²) in [4.78, 5) is 2.31. The van der Waals surface area contributed by atoms with Gasteiger partial charge in [0.2, 0.25) is 0 Å². The van der Waals surface area contributed by atoms with Gasteiger partial charge in [0.15, 0.2) is 0 Å². The van der Waals surface area contributed by atoms with Gasteiger partial charge in [-0.15, -0.1) is 0 Å². The van der Waals surface area contributed by atoms with E-state index in [4.69, 9.17) is 9.07 Å². The quantitative estimate of drug-likeness (QED) is 0.256. The number of rotatable bonds is 1. The molecule has 6 aromatic rings. The molecule has 5 aromatic carbocycles. The van der Waals surface area contributed by atoms with Gasteiger partial charge in [0.25, 0.3) is 0 Å². The topological polar surface area (TPSA) is 25.6 Å². The molecule has 0 saturated carbocycles. The predicted molar refractivity (Wildman–Crippen MR) is 139 cm³/mol. The van der Waals surface area contributed by atoms with Crippen molar-refractivity contribution in [2.24, 2.45) is 0 Å². The van der Waals surface area contributed by atoms with Crippen LogP contribution in [0.1, 0.15) is 0 Å². The fourth-order valence-corrected chi connectivity index (χ4v) is 5.57. The highest BCUT2D eigenvalue weighted by molar-refractivity contribution is 6.77. The number of benzene rings is 5. The average Bonchev–Trinajstić information content (AvgIpc) is 3.47. The van der Waals surface area contributed by atoms with E-state index in [1.165, 1.54) is 22.3 Å². The van der Waals surface area contributed by atoms with Crippen molar-refractivity contribution in [1.29, 1.82) is 0 Å². The molecule has 4 heteroatoms. The van der Waals surface area contributed by atoms with Gasteiger partial charge in [-0.3, -0.25) is 0 Å². The highest BCUT2D eigenvalue weighted by Crippen LogP contribution is 2.47. The van der Waals surface area contributed by atoms with E-state index in [1.54, 1.807) is 0 Å². The van der Waals surface area contributed by atoms with Crippen LogP contribution in [0.4, 0.5) is 11.4 Å². The summed E-state index contributed by atoms with van der Waals surface area (Å²) in [6.07, 6.45) is 0. The summed E-state index contributed by atoms with van der Waals surface area (Å²) in [5.41, 5.74) is 9.97. The van der Waals surface area contributed by atoms with E-state index in [0.29, 0.717) is 0 Å². The first kappa shape index (κ1) is 18.0. The first-order valence-corrected chi connectivity index (χ1v) is 11.6. The molecular formula is C30H18BNO2. The van der Waals surface area contributed by atoms with E-state index in [0.717, 1.165) is 44.5 Å². The Kier molecular flexibility index (Phi) is 3.48. The Balaban J connectivity index is 1.36. The normalized spacial score (nSPS) is 13.4. The third-order valence-corrected chi connectivity index (χ3v) is 7.09. The Hall–Kier alpha value is -4.44. The predicted octanol–water partition coefficient (Wildman–Crippen LogP) is 7.16. The van der Waals surface area contributed by atoms with Gasteiger partial charge in [-0.2, -0.15) is 0 Å². The SMILES string of the molecule is c1ccc2c(c1)OB1c3ccc(-c4cccc5c4oc4ccccc45)cc3-c3ccccc3N12. The average molecular weight is 435 g/mol. The van der Waals surface area contributed by atoms with Crippen LogP contribution in [0.5, 0.6) is 5.75 Å². The molecule has 0 saturated heterocycles. The lowest BCUT2D eigenvalue weighted by Gasteiger charge is -2.31. The Labute approximate surface area is 197 Å². The van der Waals surface area contributed by atoms with Crippen molar-refractivity contribution in [3.63, 3.8) is 0 Å². The Bertz CT molecular complexity index is 1770. The van der Waals surface area contributed by atoms with Crippen LogP contribution in [-0.2, 0) is 0 Å². The van der Waals surface area contributed by atoms with E-state index >= 15 is 0 Å². The largest absolute Gasteiger partial charge is 0.536 e. The zero-order valence-corrected chi connectivity index (χ0v) is 18.2. The van der Waals surface area contributed by atoms with Gasteiger partial charge in [-0.05, 0) is 46.9 Å². The first-order chi connectivity index (χ1) is 16.9. The van der Waals surface area contributed by atoms with Gasteiger partial charge in [-0.25, -0.2) is 0 Å². The van der Waals surface area contributed by atoms with Crippen LogP contribution in [0, 0.1) is 0 Å². The van der Waals surface area contributed by atoms with E-state index in [9.17, 15) is 0 Å². The second kappa shape index (κ2) is 6.55. The highest BCUT2D eigenvalue weighted by Gasteiger charge is 2.44. The van der Waals surface area contributed by atoms with Crippen LogP contribution in [0.25, 0.3) is 44.2 Å². The molecule has 1 aromatic heterocycles. The zero-order chi connectivity index (χ0) is 22.2. The van der Waals surface area contributed by atoms with Crippen LogP contribution >= 0.6 is 0 Å². The van der Waals surface area contributed by atoms with Crippen molar-refractivity contribution < 1.29 is 9.07 Å². The molecule has 0 unspecified atom stereocenters. The molecule has 0 atom stereocenters. The van der Waals surface area contributed by atoms with Crippen molar-refractivity contribution in [2.75, 3.05) is 4.81 Å². The van der Waals surface area contributed by atoms with Crippen LogP contribution in [0.15, 0.2) is 114 Å². The van der Waals surface area contributed by atoms with Gasteiger partial charge in [0.1, 0.15) is 16.9 Å². The molecule has 8 rings (SSSR count). The third kappa shape index (κ3) is 2.32. The minimum absolute atomic E-state index is 0.168. The molecule has 0 radical (unpaired) electrons. The lowest BCUT2D eigenvalue weighted by atomic mass is 9.64. The highest BCUT2D eigenvalue weighted by atomic mass is 16.5. The maximum Gasteiger partial charge on any atom is 0.524 e. The molecule has 34 heavy (non-hydrogen) atoms. The number of nitrogens with zero attached hydrogens (tertiary/aromatic N) is 1. The van der Waals surface area contributed by atoms with E-state index < -0.39 is 0 Å². The van der Waals surface area contributed by atoms with Crippen molar-refractivity contribution >= 4 is 45.8 Å². The van der Waals surface area contributed by atoms with Gasteiger partial charge < -0.3 is 13.9 Å². The standard InChI is InChI=1S/C30H18BNO2/c1-3-12-26-21(8-1)24-18-19(16-17-25(24)31-32(26)27-13-4-6-15-29(27)34-31)20-10-7-11-23-22-9-2-5-14-28(22)33-30(20)23/h1-18H. The Morgan fingerprint density at radius 3 is 2.32 bits per heavy atom. The summed E-state index contributed by atoms with van der Waals surface area (Å²) in [6, 6.07) is 38.2. The summed E-state index contributed by atoms with van der Waals surface area (Å²) in [5, 5.41) is 2.29. The lowest BCUT2D eigenvalue weighted by molar-refractivity contribution is 0.603. The summed E-state index contributed by atoms with van der Waals surface area (Å²) in [5.74, 6) is 0.922. The molecule has 0 N–H and O–H groups in total. The van der Waals surface area contributed by atoms with Gasteiger partial charge in [0.05, 0.1) is 5.69 Å². The number of hydrogen-bond donors (Lipinski definition) is 0. The second-order valence-electron chi connectivity index (χ2n) is 8.91. The van der Waals surface area contributed by atoms with E-state index in [1.807, 2.05) is 24.3 Å². The summed E-state index contributed by atoms with van der Waals surface area (Å²) >= 11 is 0. The third-order valence-electron chi connectivity index (χ3n) is 7.09. The fourth-order valence-electron chi connectivity index (χ4n) is 5.57. The molecular weight excluding hydrogens is 417 g/mol. The molecule has 0 fully saturated rings. The van der Waals surface area contributed by atoms with Crippen molar-refractivity contribution in [3.05, 3.63) is 109 Å². The van der Waals surface area contributed by atoms with Gasteiger partial charge in [0, 0.05) is 27.6 Å². The van der Waals surface area contributed by atoms with Crippen molar-refractivity contribution in [3.8, 4) is 28.0 Å². The van der Waals surface area contributed by atoms with Crippen LogP contribution in [0.3, 0.4) is 0 Å². The zero-order valence-electron chi connectivity index (χ0n) is 18.2. The molecule has 2 aliphatic heterocycles. The van der Waals surface area contributed by atoms with Gasteiger partial charge in [-0.1, -0.05) is 78.9 Å². The molecule has 2 aliphatic rings. The molecule has 0 amide bonds. The monoisotopic (exact) mass is 435 g/mol. The maximum atomic E-state index is 6.46. The fraction of sp³-hybridized carbons (Fsp3) is 0. The number of hydrogen-bond acceptors (Lipinski definition) is 3. The van der Waals surface area contributed by atoms with Crippen LogP contribution < -0.4 is 14.9 Å². The minimum Gasteiger partial charge on any atom is -0.536 e. The Morgan fingerprint density at radius 1 is 0.588 bits per heavy atom. The van der Waals surface area contributed by atoms with Gasteiger partial charge >= 0.3 is 7.05 Å².